The van der Waals surface area contributed by atoms with Crippen LogP contribution in [0.4, 0.5) is 5.69 Å². The lowest BCUT2D eigenvalue weighted by Crippen LogP contribution is -2.24. The predicted molar refractivity (Wildman–Crippen MR) is 74.3 cm³/mol. The standard InChI is InChI=1S/C13H19BrN2/c1-3-7-16(8-4-2)10-11-9-12(15)5-6-13(11)14/h3,5-6,9H,1,4,7-8,10,15H2,2H3. The first-order chi connectivity index (χ1) is 7.67. The molecule has 0 atom stereocenters. The van der Waals surface area contributed by atoms with E-state index in [1.54, 1.807) is 0 Å². The van der Waals surface area contributed by atoms with E-state index >= 15 is 0 Å². The fraction of sp³-hybridized carbons (Fsp3) is 0.385. The number of nitrogens with zero attached hydrogens (tertiary/aromatic N) is 1. The molecule has 1 aromatic carbocycles. The molecule has 2 N–H and O–H groups in total. The Morgan fingerprint density at radius 2 is 2.25 bits per heavy atom. The van der Waals surface area contributed by atoms with Crippen LogP contribution in [0, 0.1) is 0 Å². The number of halogens is 1. The minimum Gasteiger partial charge on any atom is -0.399 e. The highest BCUT2D eigenvalue weighted by Crippen LogP contribution is 2.21. The van der Waals surface area contributed by atoms with Crippen molar-refractivity contribution in [2.24, 2.45) is 0 Å². The highest BCUT2D eigenvalue weighted by Gasteiger charge is 2.06. The molecule has 1 aromatic rings. The number of anilines is 1. The van der Waals surface area contributed by atoms with Gasteiger partial charge in [0.25, 0.3) is 0 Å². The maximum atomic E-state index is 5.79. The molecule has 3 heteroatoms. The third-order valence-corrected chi connectivity index (χ3v) is 3.16. The Labute approximate surface area is 106 Å². The Kier molecular flexibility index (Phi) is 5.56. The number of rotatable bonds is 6. The summed E-state index contributed by atoms with van der Waals surface area (Å²) >= 11 is 3.55. The molecule has 0 unspecified atom stereocenters. The first-order valence-electron chi connectivity index (χ1n) is 5.54. The molecule has 0 aliphatic carbocycles. The van der Waals surface area contributed by atoms with Gasteiger partial charge < -0.3 is 5.73 Å². The summed E-state index contributed by atoms with van der Waals surface area (Å²) < 4.78 is 1.12. The summed E-state index contributed by atoms with van der Waals surface area (Å²) in [7, 11) is 0. The Morgan fingerprint density at radius 3 is 2.88 bits per heavy atom. The van der Waals surface area contributed by atoms with Crippen LogP contribution >= 0.6 is 15.9 Å². The first kappa shape index (κ1) is 13.3. The lowest BCUT2D eigenvalue weighted by atomic mass is 10.2. The second-order valence-corrected chi connectivity index (χ2v) is 4.73. The summed E-state index contributed by atoms with van der Waals surface area (Å²) in [6, 6.07) is 5.93. The molecule has 0 saturated heterocycles. The minimum atomic E-state index is 0.813. The molecular weight excluding hydrogens is 264 g/mol. The summed E-state index contributed by atoms with van der Waals surface area (Å²) in [6.45, 7) is 8.87. The fourth-order valence-electron chi connectivity index (χ4n) is 1.69. The first-order valence-corrected chi connectivity index (χ1v) is 6.33. The highest BCUT2D eigenvalue weighted by atomic mass is 79.9. The van der Waals surface area contributed by atoms with Crippen molar-refractivity contribution in [2.75, 3.05) is 18.8 Å². The monoisotopic (exact) mass is 282 g/mol. The molecule has 2 nitrogen and oxygen atoms in total. The van der Waals surface area contributed by atoms with Crippen LogP contribution in [0.1, 0.15) is 18.9 Å². The summed E-state index contributed by atoms with van der Waals surface area (Å²) in [6.07, 6.45) is 3.09. The van der Waals surface area contributed by atoms with Crippen molar-refractivity contribution in [1.29, 1.82) is 0 Å². The van der Waals surface area contributed by atoms with Gasteiger partial charge in [0.1, 0.15) is 0 Å². The van der Waals surface area contributed by atoms with Gasteiger partial charge in [0.05, 0.1) is 0 Å². The average molecular weight is 283 g/mol. The van der Waals surface area contributed by atoms with E-state index in [9.17, 15) is 0 Å². The molecule has 0 fully saturated rings. The number of nitrogen functional groups attached to an aromatic ring is 1. The van der Waals surface area contributed by atoms with Gasteiger partial charge in [-0.1, -0.05) is 28.9 Å². The van der Waals surface area contributed by atoms with Crippen LogP contribution in [0.15, 0.2) is 35.3 Å². The van der Waals surface area contributed by atoms with Crippen LogP contribution in [-0.4, -0.2) is 18.0 Å². The Bertz CT molecular complexity index is 350. The normalized spacial score (nSPS) is 10.7. The van der Waals surface area contributed by atoms with E-state index in [0.29, 0.717) is 0 Å². The van der Waals surface area contributed by atoms with Crippen LogP contribution < -0.4 is 5.73 Å². The van der Waals surface area contributed by atoms with Crippen molar-refractivity contribution >= 4 is 21.6 Å². The van der Waals surface area contributed by atoms with Crippen LogP contribution in [0.5, 0.6) is 0 Å². The zero-order chi connectivity index (χ0) is 12.0. The van der Waals surface area contributed by atoms with Gasteiger partial charge >= 0.3 is 0 Å². The van der Waals surface area contributed by atoms with Crippen molar-refractivity contribution < 1.29 is 0 Å². The third kappa shape index (κ3) is 3.99. The van der Waals surface area contributed by atoms with Gasteiger partial charge in [-0.2, -0.15) is 0 Å². The Morgan fingerprint density at radius 1 is 1.50 bits per heavy atom. The maximum absolute atomic E-state index is 5.79. The van der Waals surface area contributed by atoms with Gasteiger partial charge in [0.2, 0.25) is 0 Å². The summed E-state index contributed by atoms with van der Waals surface area (Å²) in [5.74, 6) is 0. The molecule has 0 heterocycles. The van der Waals surface area contributed by atoms with Crippen LogP contribution in [0.3, 0.4) is 0 Å². The van der Waals surface area contributed by atoms with Crippen LogP contribution in [0.25, 0.3) is 0 Å². The zero-order valence-corrected chi connectivity index (χ0v) is 11.3. The molecule has 0 spiro atoms. The van der Waals surface area contributed by atoms with Gasteiger partial charge in [-0.3, -0.25) is 4.90 Å². The van der Waals surface area contributed by atoms with Gasteiger partial charge in [-0.25, -0.2) is 0 Å². The van der Waals surface area contributed by atoms with E-state index in [1.165, 1.54) is 5.56 Å². The van der Waals surface area contributed by atoms with Crippen molar-refractivity contribution in [3.8, 4) is 0 Å². The SMILES string of the molecule is C=CCN(CCC)Cc1cc(N)ccc1Br. The third-order valence-electron chi connectivity index (χ3n) is 2.39. The van der Waals surface area contributed by atoms with Crippen LogP contribution in [-0.2, 0) is 6.54 Å². The molecule has 1 rings (SSSR count). The summed E-state index contributed by atoms with van der Waals surface area (Å²) in [4.78, 5) is 2.35. The largest absolute Gasteiger partial charge is 0.399 e. The molecule has 0 saturated carbocycles. The molecular formula is C13H19BrN2. The molecule has 0 radical (unpaired) electrons. The lowest BCUT2D eigenvalue weighted by Gasteiger charge is -2.20. The van der Waals surface area contributed by atoms with Gasteiger partial charge in [-0.05, 0) is 36.7 Å². The quantitative estimate of drug-likeness (QED) is 0.640. The topological polar surface area (TPSA) is 29.3 Å². The molecule has 0 bridgehead atoms. The van der Waals surface area contributed by atoms with Crippen molar-refractivity contribution in [3.63, 3.8) is 0 Å². The molecule has 88 valence electrons. The van der Waals surface area contributed by atoms with Crippen molar-refractivity contribution in [1.82, 2.24) is 4.90 Å². The number of hydrogen-bond donors (Lipinski definition) is 1. The van der Waals surface area contributed by atoms with Crippen molar-refractivity contribution in [2.45, 2.75) is 19.9 Å². The number of nitrogens with two attached hydrogens (primary N) is 1. The fourth-order valence-corrected chi connectivity index (χ4v) is 2.06. The average Bonchev–Trinajstić information content (AvgIpc) is 2.24. The molecule has 0 aliphatic heterocycles. The Hall–Kier alpha value is -0.800. The maximum Gasteiger partial charge on any atom is 0.0318 e. The number of hydrogen-bond acceptors (Lipinski definition) is 2. The molecule has 16 heavy (non-hydrogen) atoms. The van der Waals surface area contributed by atoms with Gasteiger partial charge in [0, 0.05) is 23.2 Å². The molecule has 0 aromatic heterocycles. The van der Waals surface area contributed by atoms with Gasteiger partial charge in [-0.15, -0.1) is 6.58 Å². The van der Waals surface area contributed by atoms with Gasteiger partial charge in [0.15, 0.2) is 0 Å². The second kappa shape index (κ2) is 6.71. The van der Waals surface area contributed by atoms with E-state index < -0.39 is 0 Å². The van der Waals surface area contributed by atoms with E-state index in [2.05, 4.69) is 34.3 Å². The molecule has 0 aliphatic rings. The summed E-state index contributed by atoms with van der Waals surface area (Å²) in [5, 5.41) is 0. The predicted octanol–water partition coefficient (Wildman–Crippen LogP) is 3.43. The van der Waals surface area contributed by atoms with E-state index in [0.717, 1.165) is 36.2 Å². The van der Waals surface area contributed by atoms with E-state index in [1.807, 2.05) is 24.3 Å². The molecule has 0 amide bonds. The Balaban J connectivity index is 2.75. The summed E-state index contributed by atoms with van der Waals surface area (Å²) in [5.41, 5.74) is 7.84. The zero-order valence-electron chi connectivity index (χ0n) is 9.75. The van der Waals surface area contributed by atoms with E-state index in [4.69, 9.17) is 5.73 Å². The van der Waals surface area contributed by atoms with E-state index in [-0.39, 0.29) is 0 Å². The smallest absolute Gasteiger partial charge is 0.0318 e. The number of benzene rings is 1. The lowest BCUT2D eigenvalue weighted by molar-refractivity contribution is 0.295. The van der Waals surface area contributed by atoms with Crippen molar-refractivity contribution in [3.05, 3.63) is 40.9 Å². The minimum absolute atomic E-state index is 0.813. The highest BCUT2D eigenvalue weighted by molar-refractivity contribution is 9.10. The second-order valence-electron chi connectivity index (χ2n) is 3.87. The van der Waals surface area contributed by atoms with Crippen LogP contribution in [0.2, 0.25) is 0 Å².